The van der Waals surface area contributed by atoms with E-state index < -0.39 is 0 Å². The van der Waals surface area contributed by atoms with E-state index in [2.05, 4.69) is 10.3 Å². The molecule has 0 atom stereocenters. The van der Waals surface area contributed by atoms with Gasteiger partial charge >= 0.3 is 0 Å². The van der Waals surface area contributed by atoms with Gasteiger partial charge in [0.1, 0.15) is 0 Å². The third-order valence-electron chi connectivity index (χ3n) is 4.91. The zero-order valence-electron chi connectivity index (χ0n) is 16.6. The molecule has 3 aromatic carbocycles. The lowest BCUT2D eigenvalue weighted by Crippen LogP contribution is -2.15. The summed E-state index contributed by atoms with van der Waals surface area (Å²) in [6.07, 6.45) is 2.10. The van der Waals surface area contributed by atoms with Gasteiger partial charge in [-0.3, -0.25) is 4.79 Å². The average Bonchev–Trinajstić information content (AvgIpc) is 3.30. The summed E-state index contributed by atoms with van der Waals surface area (Å²) in [6.45, 7) is 0. The van der Waals surface area contributed by atoms with Gasteiger partial charge in [0.25, 0.3) is 0 Å². The number of hydrogen-bond donors (Lipinski definition) is 3. The molecular formula is C25H22N2O3. The number of aromatic nitrogens is 1. The molecule has 5 nitrogen and oxygen atoms in total. The number of carbonyl (C=O) groups is 1. The number of hydrogen-bond acceptors (Lipinski definition) is 3. The molecule has 0 saturated carbocycles. The number of aromatic hydroxyl groups is 1. The maximum atomic E-state index is 12.8. The number of phenolic OH excluding ortho intramolecular Hbond substituents is 1. The average molecular weight is 398 g/mol. The topological polar surface area (TPSA) is 74.3 Å². The molecule has 150 valence electrons. The van der Waals surface area contributed by atoms with Crippen LogP contribution in [0.25, 0.3) is 22.4 Å². The molecule has 4 rings (SSSR count). The summed E-state index contributed by atoms with van der Waals surface area (Å²) in [5.74, 6) is 0.378. The minimum absolute atomic E-state index is 0.0819. The zero-order chi connectivity index (χ0) is 20.9. The Balaban J connectivity index is 1.54. The van der Waals surface area contributed by atoms with Crippen molar-refractivity contribution in [1.29, 1.82) is 0 Å². The fourth-order valence-electron chi connectivity index (χ4n) is 3.45. The second-order valence-corrected chi connectivity index (χ2v) is 6.93. The second-order valence-electron chi connectivity index (χ2n) is 6.93. The van der Waals surface area contributed by atoms with Gasteiger partial charge in [0.05, 0.1) is 13.5 Å². The van der Waals surface area contributed by atoms with Crippen molar-refractivity contribution in [2.45, 2.75) is 6.42 Å². The van der Waals surface area contributed by atoms with Gasteiger partial charge in [-0.25, -0.2) is 0 Å². The van der Waals surface area contributed by atoms with Gasteiger partial charge in [-0.1, -0.05) is 42.5 Å². The van der Waals surface area contributed by atoms with E-state index in [1.165, 1.54) is 7.11 Å². The van der Waals surface area contributed by atoms with Gasteiger partial charge in [-0.15, -0.1) is 0 Å². The van der Waals surface area contributed by atoms with E-state index in [-0.39, 0.29) is 18.1 Å². The van der Waals surface area contributed by atoms with Gasteiger partial charge in [-0.2, -0.15) is 0 Å². The van der Waals surface area contributed by atoms with Crippen molar-refractivity contribution in [2.75, 3.05) is 12.4 Å². The van der Waals surface area contributed by atoms with Gasteiger partial charge in [0.2, 0.25) is 5.91 Å². The maximum absolute atomic E-state index is 12.8. The van der Waals surface area contributed by atoms with E-state index in [1.54, 1.807) is 12.1 Å². The highest BCUT2D eigenvalue weighted by Crippen LogP contribution is 2.33. The first-order chi connectivity index (χ1) is 14.6. The van der Waals surface area contributed by atoms with Gasteiger partial charge in [0.15, 0.2) is 11.5 Å². The molecule has 5 heteroatoms. The maximum Gasteiger partial charge on any atom is 0.228 e. The Bertz CT molecular complexity index is 1170. The molecular weight excluding hydrogens is 376 g/mol. The van der Waals surface area contributed by atoms with Crippen LogP contribution in [0.15, 0.2) is 85.1 Å². The van der Waals surface area contributed by atoms with Crippen molar-refractivity contribution in [3.05, 3.63) is 90.6 Å². The van der Waals surface area contributed by atoms with Crippen molar-refractivity contribution >= 4 is 11.6 Å². The summed E-state index contributed by atoms with van der Waals surface area (Å²) < 4.78 is 5.22. The Labute approximate surface area is 175 Å². The lowest BCUT2D eigenvalue weighted by atomic mass is 9.97. The predicted molar refractivity (Wildman–Crippen MR) is 119 cm³/mol. The Morgan fingerprint density at radius 2 is 1.83 bits per heavy atom. The molecule has 0 fully saturated rings. The van der Waals surface area contributed by atoms with Crippen molar-refractivity contribution in [1.82, 2.24) is 4.98 Å². The minimum atomic E-state index is -0.100. The van der Waals surface area contributed by atoms with E-state index in [0.29, 0.717) is 5.75 Å². The van der Waals surface area contributed by atoms with Crippen molar-refractivity contribution in [2.24, 2.45) is 0 Å². The first-order valence-corrected chi connectivity index (χ1v) is 9.63. The molecule has 0 unspecified atom stereocenters. The van der Waals surface area contributed by atoms with Gasteiger partial charge < -0.3 is 20.1 Å². The SMILES string of the molecule is COc1cc(-c2ccccc2CC(=O)Nc2cccc(-c3ccc[nH]3)c2)ccc1O. The van der Waals surface area contributed by atoms with E-state index in [1.807, 2.05) is 72.9 Å². The third kappa shape index (κ3) is 4.20. The van der Waals surface area contributed by atoms with E-state index >= 15 is 0 Å². The zero-order valence-corrected chi connectivity index (χ0v) is 16.6. The summed E-state index contributed by atoms with van der Waals surface area (Å²) >= 11 is 0. The molecule has 0 spiro atoms. The number of H-pyrrole nitrogens is 1. The molecule has 1 amide bonds. The van der Waals surface area contributed by atoms with Crippen LogP contribution in [-0.2, 0) is 11.2 Å². The molecule has 0 saturated heterocycles. The molecule has 0 aliphatic heterocycles. The summed E-state index contributed by atoms with van der Waals surface area (Å²) in [4.78, 5) is 15.9. The number of ether oxygens (including phenoxy) is 1. The smallest absolute Gasteiger partial charge is 0.228 e. The van der Waals surface area contributed by atoms with Crippen LogP contribution < -0.4 is 10.1 Å². The molecule has 0 radical (unpaired) electrons. The lowest BCUT2D eigenvalue weighted by molar-refractivity contribution is -0.115. The summed E-state index contributed by atoms with van der Waals surface area (Å²) in [6, 6.07) is 24.6. The summed E-state index contributed by atoms with van der Waals surface area (Å²) in [5, 5.41) is 12.8. The highest BCUT2D eigenvalue weighted by atomic mass is 16.5. The third-order valence-corrected chi connectivity index (χ3v) is 4.91. The highest BCUT2D eigenvalue weighted by Gasteiger charge is 2.12. The quantitative estimate of drug-likeness (QED) is 0.416. The predicted octanol–water partition coefficient (Wildman–Crippen LogP) is 5.24. The van der Waals surface area contributed by atoms with Crippen molar-refractivity contribution < 1.29 is 14.6 Å². The second kappa shape index (κ2) is 8.57. The normalized spacial score (nSPS) is 10.6. The van der Waals surface area contributed by atoms with Crippen LogP contribution in [0.2, 0.25) is 0 Å². The largest absolute Gasteiger partial charge is 0.504 e. The Hall–Kier alpha value is -3.99. The number of nitrogens with one attached hydrogen (secondary N) is 2. The number of carbonyl (C=O) groups excluding carboxylic acids is 1. The minimum Gasteiger partial charge on any atom is -0.504 e. The number of aromatic amines is 1. The number of rotatable bonds is 6. The molecule has 4 aromatic rings. The van der Waals surface area contributed by atoms with Gasteiger partial charge in [0, 0.05) is 17.6 Å². The summed E-state index contributed by atoms with van der Waals surface area (Å²) in [5.41, 5.74) is 5.44. The molecule has 0 aliphatic carbocycles. The fourth-order valence-corrected chi connectivity index (χ4v) is 3.45. The molecule has 1 heterocycles. The van der Waals surface area contributed by atoms with Crippen LogP contribution in [0.1, 0.15) is 5.56 Å². The van der Waals surface area contributed by atoms with Crippen molar-refractivity contribution in [3.63, 3.8) is 0 Å². The Morgan fingerprint density at radius 3 is 2.63 bits per heavy atom. The van der Waals surface area contributed by atoms with Gasteiger partial charge in [-0.05, 0) is 58.7 Å². The Kier molecular flexibility index (Phi) is 5.52. The monoisotopic (exact) mass is 398 g/mol. The highest BCUT2D eigenvalue weighted by molar-refractivity contribution is 5.94. The van der Waals surface area contributed by atoms with Crippen LogP contribution in [0.3, 0.4) is 0 Å². The number of benzene rings is 3. The van der Waals surface area contributed by atoms with Crippen LogP contribution in [0.5, 0.6) is 11.5 Å². The lowest BCUT2D eigenvalue weighted by Gasteiger charge is -2.12. The van der Waals surface area contributed by atoms with Crippen LogP contribution in [0.4, 0.5) is 5.69 Å². The molecule has 3 N–H and O–H groups in total. The fraction of sp³-hybridized carbons (Fsp3) is 0.0800. The Morgan fingerprint density at radius 1 is 0.967 bits per heavy atom. The first-order valence-electron chi connectivity index (χ1n) is 9.63. The number of anilines is 1. The van der Waals surface area contributed by atoms with E-state index in [9.17, 15) is 9.90 Å². The van der Waals surface area contributed by atoms with E-state index in [0.717, 1.165) is 33.6 Å². The van der Waals surface area contributed by atoms with E-state index in [4.69, 9.17) is 4.74 Å². The first kappa shape index (κ1) is 19.3. The van der Waals surface area contributed by atoms with Crippen LogP contribution >= 0.6 is 0 Å². The molecule has 30 heavy (non-hydrogen) atoms. The standard InChI is InChI=1S/C25H22N2O3/c1-30-24-15-18(11-12-23(24)28)21-9-3-2-6-17(21)16-25(29)27-20-8-4-7-19(14-20)22-10-5-13-26-22/h2-15,26,28H,16H2,1H3,(H,27,29). The van der Waals surface area contributed by atoms with Crippen LogP contribution in [0, 0.1) is 0 Å². The van der Waals surface area contributed by atoms with Crippen molar-refractivity contribution in [3.8, 4) is 33.9 Å². The molecule has 1 aromatic heterocycles. The molecule has 0 aliphatic rings. The number of phenols is 1. The molecule has 0 bridgehead atoms. The summed E-state index contributed by atoms with van der Waals surface area (Å²) in [7, 11) is 1.51. The number of amides is 1. The van der Waals surface area contributed by atoms with Crippen LogP contribution in [-0.4, -0.2) is 23.1 Å². The number of methoxy groups -OCH3 is 1.